The molecule has 6 nitrogen and oxygen atoms in total. The summed E-state index contributed by atoms with van der Waals surface area (Å²) in [4.78, 5) is 27.0. The van der Waals surface area contributed by atoms with Gasteiger partial charge in [0.1, 0.15) is 23.9 Å². The lowest BCUT2D eigenvalue weighted by Crippen LogP contribution is -2.37. The van der Waals surface area contributed by atoms with Gasteiger partial charge in [-0.05, 0) is 36.4 Å². The van der Waals surface area contributed by atoms with Crippen molar-refractivity contribution in [2.75, 3.05) is 25.7 Å². The predicted molar refractivity (Wildman–Crippen MR) is 104 cm³/mol. The molecule has 2 heterocycles. The summed E-state index contributed by atoms with van der Waals surface area (Å²) in [5.74, 6) is -0.792. The molecule has 0 aromatic heterocycles. The highest BCUT2D eigenvalue weighted by atomic mass is 35.5. The molecular weight excluding hydrogens is 401 g/mol. The Balaban J connectivity index is 1.86. The Labute approximate surface area is 171 Å². The van der Waals surface area contributed by atoms with E-state index in [2.05, 4.69) is 0 Å². The lowest BCUT2D eigenvalue weighted by Gasteiger charge is -2.32. The molecule has 4 rings (SSSR count). The first-order valence-corrected chi connectivity index (χ1v) is 9.22. The smallest absolute Gasteiger partial charge is 0.336 e. The molecule has 2 aromatic carbocycles. The average molecular weight is 418 g/mol. The minimum absolute atomic E-state index is 0.00641. The van der Waals surface area contributed by atoms with E-state index < -0.39 is 17.7 Å². The molecule has 0 bridgehead atoms. The monoisotopic (exact) mass is 417 g/mol. The van der Waals surface area contributed by atoms with Crippen LogP contribution in [0.25, 0.3) is 0 Å². The Morgan fingerprint density at radius 3 is 2.62 bits per heavy atom. The minimum Gasteiger partial charge on any atom is -0.497 e. The van der Waals surface area contributed by atoms with Crippen LogP contribution >= 0.6 is 11.6 Å². The zero-order chi connectivity index (χ0) is 20.7. The van der Waals surface area contributed by atoms with Gasteiger partial charge in [0, 0.05) is 17.9 Å². The molecule has 0 saturated carbocycles. The standard InChI is InChI=1S/C21H17ClFNO5/c1-27-12-4-6-18(28-2)13(8-12)14-9-19(25)24(17-10-29-21(26)20(14)17)11-3-5-16(23)15(22)7-11/h3-8,14H,9-10H2,1-2H3/t14-/m0/s1. The quantitative estimate of drug-likeness (QED) is 0.707. The van der Waals surface area contributed by atoms with E-state index in [0.717, 1.165) is 0 Å². The molecule has 2 aromatic rings. The second-order valence-electron chi connectivity index (χ2n) is 6.63. The summed E-state index contributed by atoms with van der Waals surface area (Å²) in [7, 11) is 3.05. The fraction of sp³-hybridized carbons (Fsp3) is 0.238. The minimum atomic E-state index is -0.591. The van der Waals surface area contributed by atoms with Gasteiger partial charge in [0.15, 0.2) is 0 Å². The number of carbonyl (C=O) groups excluding carboxylic acids is 2. The third-order valence-corrected chi connectivity index (χ3v) is 5.38. The lowest BCUT2D eigenvalue weighted by molar-refractivity contribution is -0.136. The van der Waals surface area contributed by atoms with Crippen molar-refractivity contribution >= 4 is 29.2 Å². The average Bonchev–Trinajstić information content (AvgIpc) is 3.10. The molecule has 0 spiro atoms. The van der Waals surface area contributed by atoms with Gasteiger partial charge in [-0.2, -0.15) is 0 Å². The maximum atomic E-state index is 13.6. The number of nitrogens with zero attached hydrogens (tertiary/aromatic N) is 1. The van der Waals surface area contributed by atoms with Crippen molar-refractivity contribution in [3.63, 3.8) is 0 Å². The van der Waals surface area contributed by atoms with Gasteiger partial charge in [-0.3, -0.25) is 9.69 Å². The van der Waals surface area contributed by atoms with Crippen LogP contribution in [0.1, 0.15) is 17.9 Å². The van der Waals surface area contributed by atoms with Gasteiger partial charge < -0.3 is 14.2 Å². The first-order valence-electron chi connectivity index (χ1n) is 8.84. The number of benzene rings is 2. The number of cyclic esters (lactones) is 1. The number of esters is 1. The molecule has 0 radical (unpaired) electrons. The van der Waals surface area contributed by atoms with Crippen LogP contribution in [-0.4, -0.2) is 32.7 Å². The highest BCUT2D eigenvalue weighted by molar-refractivity contribution is 6.31. The third kappa shape index (κ3) is 3.21. The highest BCUT2D eigenvalue weighted by Crippen LogP contribution is 2.45. The van der Waals surface area contributed by atoms with Crippen LogP contribution in [0.2, 0.25) is 5.02 Å². The number of carbonyl (C=O) groups is 2. The first kappa shape index (κ1) is 19.3. The van der Waals surface area contributed by atoms with Crippen LogP contribution in [0, 0.1) is 5.82 Å². The van der Waals surface area contributed by atoms with Crippen LogP contribution < -0.4 is 14.4 Å². The molecule has 0 fully saturated rings. The Morgan fingerprint density at radius 2 is 1.93 bits per heavy atom. The summed E-state index contributed by atoms with van der Waals surface area (Å²) in [5.41, 5.74) is 1.83. The summed E-state index contributed by atoms with van der Waals surface area (Å²) >= 11 is 5.89. The van der Waals surface area contributed by atoms with Gasteiger partial charge in [-0.15, -0.1) is 0 Å². The lowest BCUT2D eigenvalue weighted by atomic mass is 9.83. The van der Waals surface area contributed by atoms with E-state index in [1.807, 2.05) is 0 Å². The summed E-state index contributed by atoms with van der Waals surface area (Å²) in [6, 6.07) is 9.19. The van der Waals surface area contributed by atoms with Gasteiger partial charge in [-0.1, -0.05) is 11.6 Å². The van der Waals surface area contributed by atoms with Crippen LogP contribution in [0.5, 0.6) is 11.5 Å². The van der Waals surface area contributed by atoms with Gasteiger partial charge >= 0.3 is 5.97 Å². The molecule has 0 N–H and O–H groups in total. The molecule has 29 heavy (non-hydrogen) atoms. The number of methoxy groups -OCH3 is 2. The molecule has 0 unspecified atom stereocenters. The molecule has 2 aliphatic heterocycles. The number of ether oxygens (including phenoxy) is 3. The fourth-order valence-electron chi connectivity index (χ4n) is 3.76. The second-order valence-corrected chi connectivity index (χ2v) is 7.04. The van der Waals surface area contributed by atoms with Crippen LogP contribution in [0.4, 0.5) is 10.1 Å². The first-order chi connectivity index (χ1) is 13.9. The van der Waals surface area contributed by atoms with Gasteiger partial charge in [0.25, 0.3) is 0 Å². The molecule has 1 amide bonds. The van der Waals surface area contributed by atoms with Gasteiger partial charge in [-0.25, -0.2) is 9.18 Å². The maximum Gasteiger partial charge on any atom is 0.336 e. The molecule has 8 heteroatoms. The zero-order valence-corrected chi connectivity index (χ0v) is 16.5. The zero-order valence-electron chi connectivity index (χ0n) is 15.7. The van der Waals surface area contributed by atoms with E-state index in [1.54, 1.807) is 18.2 Å². The van der Waals surface area contributed by atoms with E-state index in [9.17, 15) is 14.0 Å². The highest BCUT2D eigenvalue weighted by Gasteiger charge is 2.44. The number of halogens is 2. The summed E-state index contributed by atoms with van der Waals surface area (Å²) in [6.45, 7) is -0.0579. The van der Waals surface area contributed by atoms with Crippen LogP contribution in [0.15, 0.2) is 47.7 Å². The van der Waals surface area contributed by atoms with E-state index in [1.165, 1.54) is 37.3 Å². The van der Waals surface area contributed by atoms with Gasteiger partial charge in [0.05, 0.1) is 36.2 Å². The van der Waals surface area contributed by atoms with E-state index in [-0.39, 0.29) is 24.0 Å². The maximum absolute atomic E-state index is 13.6. The van der Waals surface area contributed by atoms with Crippen molar-refractivity contribution in [3.05, 3.63) is 64.1 Å². The van der Waals surface area contributed by atoms with E-state index in [4.69, 9.17) is 25.8 Å². The second kappa shape index (κ2) is 7.40. The molecule has 2 aliphatic rings. The Hall–Kier alpha value is -3.06. The van der Waals surface area contributed by atoms with Crippen molar-refractivity contribution in [2.45, 2.75) is 12.3 Å². The molecule has 1 atom stereocenters. The Kier molecular flexibility index (Phi) is 4.92. The van der Waals surface area contributed by atoms with Crippen molar-refractivity contribution in [3.8, 4) is 11.5 Å². The SMILES string of the molecule is COc1ccc(OC)c([C@@H]2CC(=O)N(c3ccc(F)c(Cl)c3)C3=C2C(=O)OC3)c1. The fourth-order valence-corrected chi connectivity index (χ4v) is 3.93. The predicted octanol–water partition coefficient (Wildman–Crippen LogP) is 3.83. The molecule has 0 aliphatic carbocycles. The van der Waals surface area contributed by atoms with Gasteiger partial charge in [0.2, 0.25) is 5.91 Å². The Bertz CT molecular complexity index is 1050. The largest absolute Gasteiger partial charge is 0.497 e. The number of hydrogen-bond donors (Lipinski definition) is 0. The normalized spacial score (nSPS) is 18.6. The van der Waals surface area contributed by atoms with E-state index in [0.29, 0.717) is 34.0 Å². The molecular formula is C21H17ClFNO5. The third-order valence-electron chi connectivity index (χ3n) is 5.09. The number of hydrogen-bond acceptors (Lipinski definition) is 5. The van der Waals surface area contributed by atoms with Crippen molar-refractivity contribution in [1.29, 1.82) is 0 Å². The van der Waals surface area contributed by atoms with Crippen molar-refractivity contribution in [2.24, 2.45) is 0 Å². The van der Waals surface area contributed by atoms with Crippen molar-refractivity contribution in [1.82, 2.24) is 0 Å². The summed E-state index contributed by atoms with van der Waals surface area (Å²) in [6.07, 6.45) is 0.00641. The van der Waals surface area contributed by atoms with Crippen LogP contribution in [-0.2, 0) is 14.3 Å². The number of amides is 1. The van der Waals surface area contributed by atoms with E-state index >= 15 is 0 Å². The number of anilines is 1. The van der Waals surface area contributed by atoms with Crippen LogP contribution in [0.3, 0.4) is 0 Å². The molecule has 150 valence electrons. The Morgan fingerprint density at radius 1 is 1.14 bits per heavy atom. The molecule has 0 saturated heterocycles. The number of rotatable bonds is 4. The topological polar surface area (TPSA) is 65.1 Å². The summed E-state index contributed by atoms with van der Waals surface area (Å²) in [5, 5.41) is -0.112. The van der Waals surface area contributed by atoms with Crippen molar-refractivity contribution < 1.29 is 28.2 Å². The summed E-state index contributed by atoms with van der Waals surface area (Å²) < 4.78 is 29.6.